The van der Waals surface area contributed by atoms with Crippen LogP contribution in [0, 0.1) is 0 Å². The quantitative estimate of drug-likeness (QED) is 0.111. The third kappa shape index (κ3) is 11.2. The van der Waals surface area contributed by atoms with E-state index in [1.807, 2.05) is 31.3 Å². The van der Waals surface area contributed by atoms with Gasteiger partial charge in [0.1, 0.15) is 17.9 Å². The summed E-state index contributed by atoms with van der Waals surface area (Å²) in [5.74, 6) is 0.870. The molecule has 2 heterocycles. The van der Waals surface area contributed by atoms with Gasteiger partial charge in [0.25, 0.3) is 0 Å². The molecule has 2 aromatic heterocycles. The first-order valence-electron chi connectivity index (χ1n) is 13.1. The zero-order chi connectivity index (χ0) is 33.4. The summed E-state index contributed by atoms with van der Waals surface area (Å²) in [5, 5.41) is 10.5. The lowest BCUT2D eigenvalue weighted by Gasteiger charge is -2.15. The highest BCUT2D eigenvalue weighted by molar-refractivity contribution is 6.32. The smallest absolute Gasteiger partial charge is 0.416 e. The van der Waals surface area contributed by atoms with Crippen LogP contribution in [0.25, 0.3) is 11.1 Å². The summed E-state index contributed by atoms with van der Waals surface area (Å²) in [5.41, 5.74) is 2.06. The van der Waals surface area contributed by atoms with E-state index in [4.69, 9.17) is 21.4 Å². The largest absolute Gasteiger partial charge is 0.423 e. The van der Waals surface area contributed by atoms with Crippen molar-refractivity contribution in [3.63, 3.8) is 0 Å². The molecule has 0 unspecified atom stereocenters. The van der Waals surface area contributed by atoms with Gasteiger partial charge in [-0.1, -0.05) is 42.4 Å². The Balaban J connectivity index is 0.000000313. The second-order valence-electron chi connectivity index (χ2n) is 8.80. The van der Waals surface area contributed by atoms with Gasteiger partial charge in [-0.15, -0.1) is 0 Å². The highest BCUT2D eigenvalue weighted by Crippen LogP contribution is 2.30. The van der Waals surface area contributed by atoms with Crippen LogP contribution in [0.1, 0.15) is 5.56 Å². The van der Waals surface area contributed by atoms with Crippen molar-refractivity contribution >= 4 is 35.7 Å². The standard InChI is InChI=1S/C19H16ClN3O2.C12H11F3N2O.CH4O/c1-21-16-5-3-14(4-6-16)15-11-22-19(23-12-15)25-18-7-2-13(8-9-24)10-17(18)20;1-9(12(13,14)15)10(8-18)7-17(2)11-5-3-4-6-16-11;1-2/h2-7,9-12,21H,8H2,1H3;3-8H,1H2,2H3;2H,1H3/b;10-7-;. The molecule has 0 aliphatic carbocycles. The molecule has 45 heavy (non-hydrogen) atoms. The molecule has 0 amide bonds. The van der Waals surface area contributed by atoms with Crippen molar-refractivity contribution in [1.82, 2.24) is 15.0 Å². The number of alkyl halides is 3. The second-order valence-corrected chi connectivity index (χ2v) is 9.20. The molecule has 0 radical (unpaired) electrons. The summed E-state index contributed by atoms with van der Waals surface area (Å²) in [6, 6.07) is 18.3. The Morgan fingerprint density at radius 3 is 2.20 bits per heavy atom. The molecule has 0 aliphatic heterocycles. The summed E-state index contributed by atoms with van der Waals surface area (Å²) in [4.78, 5) is 35.0. The maximum absolute atomic E-state index is 12.4. The zero-order valence-electron chi connectivity index (χ0n) is 24.6. The third-order valence-electron chi connectivity index (χ3n) is 5.81. The van der Waals surface area contributed by atoms with E-state index >= 15 is 0 Å². The number of hydrogen-bond acceptors (Lipinski definition) is 9. The number of benzene rings is 2. The second kappa shape index (κ2) is 17.9. The molecule has 0 bridgehead atoms. The topological polar surface area (TPSA) is 118 Å². The van der Waals surface area contributed by atoms with Crippen LogP contribution < -0.4 is 15.0 Å². The van der Waals surface area contributed by atoms with Gasteiger partial charge in [0.15, 0.2) is 6.29 Å². The number of carbonyl (C=O) groups excluding carboxylic acids is 2. The number of nitrogens with one attached hydrogen (secondary N) is 1. The van der Waals surface area contributed by atoms with Crippen molar-refractivity contribution in [2.45, 2.75) is 12.6 Å². The van der Waals surface area contributed by atoms with Gasteiger partial charge in [-0.3, -0.25) is 4.79 Å². The van der Waals surface area contributed by atoms with Crippen molar-refractivity contribution in [1.29, 1.82) is 0 Å². The molecule has 0 fully saturated rings. The van der Waals surface area contributed by atoms with Gasteiger partial charge in [-0.25, -0.2) is 15.0 Å². The van der Waals surface area contributed by atoms with Crippen molar-refractivity contribution in [3.8, 4) is 22.9 Å². The number of aromatic nitrogens is 3. The summed E-state index contributed by atoms with van der Waals surface area (Å²) in [7, 11) is 4.37. The van der Waals surface area contributed by atoms with Gasteiger partial charge >= 0.3 is 12.2 Å². The first-order valence-corrected chi connectivity index (χ1v) is 13.5. The molecule has 4 aromatic rings. The molecule has 0 aliphatic rings. The molecule has 0 spiro atoms. The molecule has 0 atom stereocenters. The average molecular weight is 642 g/mol. The van der Waals surface area contributed by atoms with Crippen LogP contribution in [-0.4, -0.2) is 60.0 Å². The number of aliphatic hydroxyl groups is 1. The Labute approximate surface area is 263 Å². The summed E-state index contributed by atoms with van der Waals surface area (Å²) >= 11 is 6.17. The fourth-order valence-corrected chi connectivity index (χ4v) is 3.72. The monoisotopic (exact) mass is 641 g/mol. The summed E-state index contributed by atoms with van der Waals surface area (Å²) in [6.07, 6.45) is 2.59. The lowest BCUT2D eigenvalue weighted by molar-refractivity contribution is -0.108. The number of allylic oxidation sites excluding steroid dienone is 2. The Morgan fingerprint density at radius 1 is 1.02 bits per heavy atom. The lowest BCUT2D eigenvalue weighted by Crippen LogP contribution is -2.17. The number of pyridine rings is 1. The van der Waals surface area contributed by atoms with E-state index in [0.29, 0.717) is 23.0 Å². The first kappa shape index (κ1) is 36.1. The Hall–Kier alpha value is -5.07. The fourth-order valence-electron chi connectivity index (χ4n) is 3.48. The highest BCUT2D eigenvalue weighted by atomic mass is 35.5. The zero-order valence-corrected chi connectivity index (χ0v) is 25.4. The summed E-state index contributed by atoms with van der Waals surface area (Å²) in [6.45, 7) is 2.87. The Morgan fingerprint density at radius 2 is 1.69 bits per heavy atom. The highest BCUT2D eigenvalue weighted by Gasteiger charge is 2.34. The van der Waals surface area contributed by atoms with E-state index < -0.39 is 17.3 Å². The SMILES string of the molecule is C=C(/C(C=O)=C\N(C)c1ccccn1)C(F)(F)F.CNc1ccc(-c2cnc(Oc3ccc(CC=O)cc3Cl)nc2)cc1.CO. The molecular formula is C32H31ClF3N5O4. The molecule has 0 saturated heterocycles. The van der Waals surface area contributed by atoms with Crippen LogP contribution in [0.2, 0.25) is 5.02 Å². The Bertz CT molecular complexity index is 1570. The predicted molar refractivity (Wildman–Crippen MR) is 168 cm³/mol. The van der Waals surface area contributed by atoms with Gasteiger partial charge in [0.2, 0.25) is 0 Å². The molecule has 0 saturated carbocycles. The maximum atomic E-state index is 12.4. The molecule has 13 heteroatoms. The number of anilines is 2. The van der Waals surface area contributed by atoms with Crippen LogP contribution in [0.5, 0.6) is 11.8 Å². The molecule has 236 valence electrons. The minimum Gasteiger partial charge on any atom is -0.423 e. The van der Waals surface area contributed by atoms with Crippen LogP contribution in [-0.2, 0) is 16.0 Å². The van der Waals surface area contributed by atoms with Crippen molar-refractivity contribution in [2.75, 3.05) is 31.4 Å². The van der Waals surface area contributed by atoms with Crippen molar-refractivity contribution in [3.05, 3.63) is 114 Å². The van der Waals surface area contributed by atoms with E-state index in [9.17, 15) is 22.8 Å². The number of ether oxygens (including phenoxy) is 1. The van der Waals surface area contributed by atoms with Crippen molar-refractivity contribution in [2.24, 2.45) is 0 Å². The number of aliphatic hydroxyl groups excluding tert-OH is 1. The first-order chi connectivity index (χ1) is 21.5. The van der Waals surface area contributed by atoms with E-state index in [2.05, 4.69) is 26.8 Å². The van der Waals surface area contributed by atoms with E-state index in [0.717, 1.165) is 42.0 Å². The van der Waals surface area contributed by atoms with E-state index in [1.54, 1.807) is 48.8 Å². The van der Waals surface area contributed by atoms with Crippen LogP contribution in [0.4, 0.5) is 24.7 Å². The van der Waals surface area contributed by atoms with Crippen LogP contribution in [0.15, 0.2) is 103 Å². The average Bonchev–Trinajstić information content (AvgIpc) is 3.06. The number of carbonyl (C=O) groups is 2. The van der Waals surface area contributed by atoms with Gasteiger partial charge < -0.3 is 24.9 Å². The van der Waals surface area contributed by atoms with Crippen molar-refractivity contribution < 1.29 is 32.6 Å². The number of halogens is 4. The maximum Gasteiger partial charge on any atom is 0.416 e. The van der Waals surface area contributed by atoms with E-state index in [-0.39, 0.29) is 12.3 Å². The fraction of sp³-hybridized carbons (Fsp3) is 0.156. The Kier molecular flexibility index (Phi) is 14.4. The van der Waals surface area contributed by atoms with Gasteiger partial charge in [-0.2, -0.15) is 13.2 Å². The molecule has 2 aromatic carbocycles. The van der Waals surface area contributed by atoms with E-state index in [1.165, 1.54) is 18.1 Å². The molecular weight excluding hydrogens is 611 g/mol. The minimum atomic E-state index is -4.63. The van der Waals surface area contributed by atoms with Crippen LogP contribution >= 0.6 is 11.6 Å². The predicted octanol–water partition coefficient (Wildman–Crippen LogP) is 6.70. The third-order valence-corrected chi connectivity index (χ3v) is 6.11. The molecule has 4 rings (SSSR count). The van der Waals surface area contributed by atoms with Gasteiger partial charge in [0.05, 0.1) is 10.6 Å². The van der Waals surface area contributed by atoms with Crippen LogP contribution in [0.3, 0.4) is 0 Å². The molecule has 2 N–H and O–H groups in total. The normalized spacial score (nSPS) is 10.7. The number of nitrogens with zero attached hydrogens (tertiary/aromatic N) is 4. The molecule has 9 nitrogen and oxygen atoms in total. The summed E-state index contributed by atoms with van der Waals surface area (Å²) < 4.78 is 42.8. The number of hydrogen-bond donors (Lipinski definition) is 2. The number of rotatable bonds is 10. The minimum absolute atomic E-state index is 0.120. The van der Waals surface area contributed by atoms with Gasteiger partial charge in [0, 0.05) is 69.2 Å². The van der Waals surface area contributed by atoms with Gasteiger partial charge in [-0.05, 0) is 47.5 Å². The lowest BCUT2D eigenvalue weighted by atomic mass is 10.1. The number of aldehydes is 2.